The van der Waals surface area contributed by atoms with E-state index in [1.807, 2.05) is 0 Å². The Hall–Kier alpha value is -1.43. The molecule has 1 amide bonds. The van der Waals surface area contributed by atoms with Gasteiger partial charge in [0.25, 0.3) is 0 Å². The number of likely N-dealkylation sites (tertiary alicyclic amines) is 1. The fourth-order valence-electron chi connectivity index (χ4n) is 2.95. The molecule has 1 aromatic carbocycles. The molecule has 0 bridgehead atoms. The number of piperidine rings is 1. The fraction of sp³-hybridized carbons (Fsp3) is 0.500. The third-order valence-corrected chi connectivity index (χ3v) is 5.02. The minimum atomic E-state index is -0.849. The molecule has 6 heteroatoms. The highest BCUT2D eigenvalue weighted by Gasteiger charge is 2.34. The summed E-state index contributed by atoms with van der Waals surface area (Å²) in [6, 6.07) is 4.10. The number of carbonyl (C=O) groups excluding carboxylic acids is 1. The standard InChI is InChI=1S/C16H19BrFNO3/c1-10-13(16(21)22)3-2-8-19(10)15(20)7-4-11-9-12(18)5-6-14(11)17/h5-6,9-10,13H,2-4,7-8H2,1H3,(H,21,22)/t10-,13-/m1/s1. The Morgan fingerprint density at radius 3 is 2.86 bits per heavy atom. The Kier molecular flexibility index (Phi) is 5.56. The van der Waals surface area contributed by atoms with Crippen LogP contribution in [0.2, 0.25) is 0 Å². The van der Waals surface area contributed by atoms with Gasteiger partial charge in [-0.1, -0.05) is 15.9 Å². The van der Waals surface area contributed by atoms with Crippen LogP contribution in [0.4, 0.5) is 4.39 Å². The van der Waals surface area contributed by atoms with Crippen LogP contribution >= 0.6 is 15.9 Å². The van der Waals surface area contributed by atoms with E-state index in [1.165, 1.54) is 12.1 Å². The highest BCUT2D eigenvalue weighted by Crippen LogP contribution is 2.25. The van der Waals surface area contributed by atoms with Crippen molar-refractivity contribution in [3.8, 4) is 0 Å². The molecular formula is C16H19BrFNO3. The molecular weight excluding hydrogens is 353 g/mol. The lowest BCUT2D eigenvalue weighted by molar-refractivity contribution is -0.149. The van der Waals surface area contributed by atoms with E-state index >= 15 is 0 Å². The minimum absolute atomic E-state index is 0.0744. The molecule has 1 fully saturated rings. The van der Waals surface area contributed by atoms with Crippen LogP contribution in [-0.4, -0.2) is 34.5 Å². The first kappa shape index (κ1) is 16.9. The van der Waals surface area contributed by atoms with E-state index in [1.54, 1.807) is 17.9 Å². The highest BCUT2D eigenvalue weighted by atomic mass is 79.9. The topological polar surface area (TPSA) is 57.6 Å². The summed E-state index contributed by atoms with van der Waals surface area (Å²) in [4.78, 5) is 25.2. The predicted octanol–water partition coefficient (Wildman–Crippen LogP) is 3.23. The number of aryl methyl sites for hydroxylation is 1. The highest BCUT2D eigenvalue weighted by molar-refractivity contribution is 9.10. The third-order valence-electron chi connectivity index (χ3n) is 4.24. The molecule has 1 aromatic rings. The number of nitrogens with zero attached hydrogens (tertiary/aromatic N) is 1. The van der Waals surface area contributed by atoms with Gasteiger partial charge in [-0.15, -0.1) is 0 Å². The SMILES string of the molecule is C[C@@H]1[C@H](C(=O)O)CCCN1C(=O)CCc1cc(F)ccc1Br. The second-order valence-corrected chi connectivity index (χ2v) is 6.50. The Balaban J connectivity index is 1.99. The van der Waals surface area contributed by atoms with E-state index in [9.17, 15) is 19.1 Å². The number of carbonyl (C=O) groups is 2. The largest absolute Gasteiger partial charge is 0.481 e. The zero-order chi connectivity index (χ0) is 16.3. The normalized spacial score (nSPS) is 21.7. The summed E-state index contributed by atoms with van der Waals surface area (Å²) in [5, 5.41) is 9.20. The molecule has 0 radical (unpaired) electrons. The van der Waals surface area contributed by atoms with Crippen LogP contribution in [0.5, 0.6) is 0 Å². The van der Waals surface area contributed by atoms with E-state index in [0.29, 0.717) is 25.8 Å². The molecule has 22 heavy (non-hydrogen) atoms. The van der Waals surface area contributed by atoms with Gasteiger partial charge in [-0.05, 0) is 49.9 Å². The monoisotopic (exact) mass is 371 g/mol. The number of halogens is 2. The smallest absolute Gasteiger partial charge is 0.308 e. The van der Waals surface area contributed by atoms with Crippen LogP contribution < -0.4 is 0 Å². The van der Waals surface area contributed by atoms with Crippen LogP contribution in [0.15, 0.2) is 22.7 Å². The van der Waals surface area contributed by atoms with Crippen molar-refractivity contribution < 1.29 is 19.1 Å². The summed E-state index contributed by atoms with van der Waals surface area (Å²) in [6.45, 7) is 2.38. The lowest BCUT2D eigenvalue weighted by atomic mass is 9.90. The van der Waals surface area contributed by atoms with Crippen LogP contribution in [0.3, 0.4) is 0 Å². The van der Waals surface area contributed by atoms with E-state index < -0.39 is 11.9 Å². The first-order valence-corrected chi connectivity index (χ1v) is 8.15. The predicted molar refractivity (Wildman–Crippen MR) is 84.0 cm³/mol. The van der Waals surface area contributed by atoms with Gasteiger partial charge in [0.15, 0.2) is 0 Å². The summed E-state index contributed by atoms with van der Waals surface area (Å²) in [6.07, 6.45) is 1.99. The van der Waals surface area contributed by atoms with Crippen molar-refractivity contribution in [1.82, 2.24) is 4.90 Å². The van der Waals surface area contributed by atoms with Gasteiger partial charge < -0.3 is 10.0 Å². The van der Waals surface area contributed by atoms with E-state index in [-0.39, 0.29) is 24.2 Å². The van der Waals surface area contributed by atoms with Crippen molar-refractivity contribution in [3.63, 3.8) is 0 Å². The van der Waals surface area contributed by atoms with Gasteiger partial charge in [0.2, 0.25) is 5.91 Å². The molecule has 2 atom stereocenters. The quantitative estimate of drug-likeness (QED) is 0.883. The Bertz CT molecular complexity index is 579. The number of carboxylic acids is 1. The maximum Gasteiger partial charge on any atom is 0.308 e. The van der Waals surface area contributed by atoms with Crippen LogP contribution in [0, 0.1) is 11.7 Å². The molecule has 1 aliphatic heterocycles. The third kappa shape index (κ3) is 3.85. The van der Waals surface area contributed by atoms with Crippen LogP contribution in [0.1, 0.15) is 31.7 Å². The molecule has 2 rings (SSSR count). The molecule has 4 nitrogen and oxygen atoms in total. The average molecular weight is 372 g/mol. The van der Waals surface area contributed by atoms with Crippen molar-refractivity contribution in [3.05, 3.63) is 34.1 Å². The molecule has 1 N–H and O–H groups in total. The zero-order valence-electron chi connectivity index (χ0n) is 12.4. The molecule has 1 heterocycles. The van der Waals surface area contributed by atoms with Gasteiger partial charge in [-0.25, -0.2) is 4.39 Å². The van der Waals surface area contributed by atoms with Crippen molar-refractivity contribution in [2.24, 2.45) is 5.92 Å². The number of hydrogen-bond acceptors (Lipinski definition) is 2. The molecule has 0 unspecified atom stereocenters. The second-order valence-electron chi connectivity index (χ2n) is 5.65. The molecule has 1 aliphatic rings. The number of benzene rings is 1. The van der Waals surface area contributed by atoms with Crippen molar-refractivity contribution in [2.75, 3.05) is 6.54 Å². The van der Waals surface area contributed by atoms with Gasteiger partial charge in [0.1, 0.15) is 5.82 Å². The van der Waals surface area contributed by atoms with Gasteiger partial charge in [0.05, 0.1) is 5.92 Å². The number of carboxylic acid groups (broad SMARTS) is 1. The first-order valence-electron chi connectivity index (χ1n) is 7.36. The second kappa shape index (κ2) is 7.22. The minimum Gasteiger partial charge on any atom is -0.481 e. The number of rotatable bonds is 4. The van der Waals surface area contributed by atoms with E-state index in [2.05, 4.69) is 15.9 Å². The lowest BCUT2D eigenvalue weighted by Gasteiger charge is -2.37. The first-order chi connectivity index (χ1) is 10.4. The maximum atomic E-state index is 13.2. The van der Waals surface area contributed by atoms with E-state index in [4.69, 9.17) is 0 Å². The summed E-state index contributed by atoms with van der Waals surface area (Å²) >= 11 is 3.35. The average Bonchev–Trinajstić information content (AvgIpc) is 2.47. The van der Waals surface area contributed by atoms with E-state index in [0.717, 1.165) is 10.0 Å². The van der Waals surface area contributed by atoms with Gasteiger partial charge in [-0.2, -0.15) is 0 Å². The van der Waals surface area contributed by atoms with Crippen LogP contribution in [-0.2, 0) is 16.0 Å². The summed E-state index contributed by atoms with van der Waals surface area (Å²) in [5.74, 6) is -1.76. The zero-order valence-corrected chi connectivity index (χ0v) is 14.0. The number of amides is 1. The van der Waals surface area contributed by atoms with Gasteiger partial charge >= 0.3 is 5.97 Å². The summed E-state index contributed by atoms with van der Waals surface area (Å²) in [7, 11) is 0. The Morgan fingerprint density at radius 2 is 2.18 bits per heavy atom. The molecule has 0 saturated carbocycles. The van der Waals surface area contributed by atoms with Crippen LogP contribution in [0.25, 0.3) is 0 Å². The van der Waals surface area contributed by atoms with Gasteiger partial charge in [-0.3, -0.25) is 9.59 Å². The van der Waals surface area contributed by atoms with Gasteiger partial charge in [0, 0.05) is 23.5 Å². The molecule has 120 valence electrons. The molecule has 0 spiro atoms. The molecule has 0 aliphatic carbocycles. The fourth-order valence-corrected chi connectivity index (χ4v) is 3.39. The van der Waals surface area contributed by atoms with Crippen molar-refractivity contribution in [1.29, 1.82) is 0 Å². The molecule has 1 saturated heterocycles. The van der Waals surface area contributed by atoms with Crippen molar-refractivity contribution in [2.45, 2.75) is 38.6 Å². The number of hydrogen-bond donors (Lipinski definition) is 1. The maximum absolute atomic E-state index is 13.2. The summed E-state index contributed by atoms with van der Waals surface area (Å²) in [5.41, 5.74) is 0.743. The summed E-state index contributed by atoms with van der Waals surface area (Å²) < 4.78 is 14.0. The Morgan fingerprint density at radius 1 is 1.45 bits per heavy atom. The lowest BCUT2D eigenvalue weighted by Crippen LogP contribution is -2.49. The van der Waals surface area contributed by atoms with Crippen molar-refractivity contribution >= 4 is 27.8 Å². The number of aliphatic carboxylic acids is 1. The molecule has 0 aromatic heterocycles. The Labute approximate surface area is 137 Å².